The third-order valence-electron chi connectivity index (χ3n) is 6.30. The number of aryl methyl sites for hydroxylation is 1. The fourth-order valence-corrected chi connectivity index (χ4v) is 5.15. The van der Waals surface area contributed by atoms with E-state index in [-0.39, 0.29) is 5.75 Å². The van der Waals surface area contributed by atoms with Crippen LogP contribution < -0.4 is 4.72 Å². The molecule has 3 aromatic rings. The zero-order valence-corrected chi connectivity index (χ0v) is 18.7. The van der Waals surface area contributed by atoms with Gasteiger partial charge in [-0.1, -0.05) is 36.4 Å². The predicted octanol–water partition coefficient (Wildman–Crippen LogP) is 3.59. The minimum Gasteiger partial charge on any atom is -0.343 e. The van der Waals surface area contributed by atoms with Gasteiger partial charge in [0, 0.05) is 23.6 Å². The molecule has 1 N–H and O–H groups in total. The number of aromatic nitrogens is 1. The minimum absolute atomic E-state index is 0.114. The van der Waals surface area contributed by atoms with Crippen LogP contribution in [0.1, 0.15) is 35.4 Å². The SMILES string of the molecule is CNS(=O)(=O)CCc1ccc2c(c1)c(C1CCN(C)CC1)cn2Cc1ccccc1. The minimum atomic E-state index is -3.20. The fourth-order valence-electron chi connectivity index (χ4n) is 4.44. The Morgan fingerprint density at radius 1 is 1.03 bits per heavy atom. The second-order valence-corrected chi connectivity index (χ2v) is 10.4. The largest absolute Gasteiger partial charge is 0.343 e. The van der Waals surface area contributed by atoms with Gasteiger partial charge in [-0.3, -0.25) is 0 Å². The highest BCUT2D eigenvalue weighted by atomic mass is 32.2. The summed E-state index contributed by atoms with van der Waals surface area (Å²) >= 11 is 0. The number of rotatable bonds is 7. The van der Waals surface area contributed by atoms with Crippen molar-refractivity contribution >= 4 is 20.9 Å². The molecule has 0 atom stereocenters. The molecule has 1 fully saturated rings. The van der Waals surface area contributed by atoms with Gasteiger partial charge >= 0.3 is 0 Å². The summed E-state index contributed by atoms with van der Waals surface area (Å²) in [5, 5.41) is 1.28. The number of fused-ring (bicyclic) bond motifs is 1. The Bertz CT molecular complexity index is 1100. The molecule has 0 aliphatic carbocycles. The Morgan fingerprint density at radius 2 is 1.77 bits per heavy atom. The highest BCUT2D eigenvalue weighted by Crippen LogP contribution is 2.35. The van der Waals surface area contributed by atoms with Gasteiger partial charge in [0.25, 0.3) is 0 Å². The van der Waals surface area contributed by atoms with Crippen LogP contribution in [0.25, 0.3) is 10.9 Å². The first kappa shape index (κ1) is 21.1. The van der Waals surface area contributed by atoms with Crippen LogP contribution in [-0.2, 0) is 23.0 Å². The maximum Gasteiger partial charge on any atom is 0.211 e. The summed E-state index contributed by atoms with van der Waals surface area (Å²) in [5.41, 5.74) is 5.00. The zero-order valence-electron chi connectivity index (χ0n) is 17.8. The van der Waals surface area contributed by atoms with Gasteiger partial charge in [0.1, 0.15) is 0 Å². The fraction of sp³-hybridized carbons (Fsp3) is 0.417. The molecular formula is C24H31N3O2S. The van der Waals surface area contributed by atoms with Gasteiger partial charge in [0.15, 0.2) is 0 Å². The third kappa shape index (κ3) is 4.77. The third-order valence-corrected chi connectivity index (χ3v) is 7.66. The summed E-state index contributed by atoms with van der Waals surface area (Å²) in [6.07, 6.45) is 5.19. The molecule has 0 spiro atoms. The van der Waals surface area contributed by atoms with Crippen molar-refractivity contribution in [3.05, 3.63) is 71.4 Å². The molecule has 0 amide bonds. The Balaban J connectivity index is 1.69. The second kappa shape index (κ2) is 8.92. The Morgan fingerprint density at radius 3 is 2.47 bits per heavy atom. The molecule has 2 heterocycles. The summed E-state index contributed by atoms with van der Waals surface area (Å²) in [6, 6.07) is 17.0. The molecule has 30 heavy (non-hydrogen) atoms. The lowest BCUT2D eigenvalue weighted by molar-refractivity contribution is 0.256. The van der Waals surface area contributed by atoms with E-state index in [4.69, 9.17) is 0 Å². The molecule has 0 bridgehead atoms. The van der Waals surface area contributed by atoms with E-state index in [2.05, 4.69) is 69.9 Å². The molecule has 0 radical (unpaired) electrons. The van der Waals surface area contributed by atoms with Crippen molar-refractivity contribution < 1.29 is 8.42 Å². The molecular weight excluding hydrogens is 394 g/mol. The first-order valence-electron chi connectivity index (χ1n) is 10.7. The second-order valence-electron chi connectivity index (χ2n) is 8.40. The van der Waals surface area contributed by atoms with E-state index in [0.29, 0.717) is 12.3 Å². The molecule has 1 aliphatic rings. The molecule has 0 saturated carbocycles. The highest BCUT2D eigenvalue weighted by Gasteiger charge is 2.22. The molecule has 6 heteroatoms. The summed E-state index contributed by atoms with van der Waals surface area (Å²) < 4.78 is 28.5. The van der Waals surface area contributed by atoms with Crippen LogP contribution in [0.4, 0.5) is 0 Å². The Labute approximate surface area is 179 Å². The molecule has 5 nitrogen and oxygen atoms in total. The van der Waals surface area contributed by atoms with E-state index in [1.165, 1.54) is 41.9 Å². The summed E-state index contributed by atoms with van der Waals surface area (Å²) in [4.78, 5) is 2.40. The Kier molecular flexibility index (Phi) is 6.27. The van der Waals surface area contributed by atoms with E-state index >= 15 is 0 Å². The average Bonchev–Trinajstić information content (AvgIpc) is 3.11. The van der Waals surface area contributed by atoms with E-state index in [9.17, 15) is 8.42 Å². The number of hydrogen-bond acceptors (Lipinski definition) is 3. The van der Waals surface area contributed by atoms with E-state index in [0.717, 1.165) is 25.2 Å². The summed E-state index contributed by atoms with van der Waals surface area (Å²) in [7, 11) is 0.458. The van der Waals surface area contributed by atoms with Crippen LogP contribution in [0.5, 0.6) is 0 Å². The number of piperidine rings is 1. The first-order chi connectivity index (χ1) is 14.4. The average molecular weight is 426 g/mol. The van der Waals surface area contributed by atoms with Crippen molar-refractivity contribution in [3.8, 4) is 0 Å². The number of likely N-dealkylation sites (tertiary alicyclic amines) is 1. The van der Waals surface area contributed by atoms with Gasteiger partial charge in [-0.15, -0.1) is 0 Å². The normalized spacial score (nSPS) is 16.3. The van der Waals surface area contributed by atoms with Crippen LogP contribution in [0.2, 0.25) is 0 Å². The number of nitrogens with zero attached hydrogens (tertiary/aromatic N) is 2. The number of benzene rings is 2. The van der Waals surface area contributed by atoms with Crippen molar-refractivity contribution in [3.63, 3.8) is 0 Å². The Hall–Kier alpha value is -2.15. The molecule has 1 saturated heterocycles. The maximum absolute atomic E-state index is 11.9. The van der Waals surface area contributed by atoms with Crippen molar-refractivity contribution in [2.24, 2.45) is 0 Å². The van der Waals surface area contributed by atoms with E-state index in [1.54, 1.807) is 0 Å². The van der Waals surface area contributed by atoms with E-state index < -0.39 is 10.0 Å². The van der Waals surface area contributed by atoms with Crippen LogP contribution in [-0.4, -0.2) is 50.8 Å². The quantitative estimate of drug-likeness (QED) is 0.629. The molecule has 2 aromatic carbocycles. The van der Waals surface area contributed by atoms with Crippen LogP contribution in [0.15, 0.2) is 54.7 Å². The highest BCUT2D eigenvalue weighted by molar-refractivity contribution is 7.89. The van der Waals surface area contributed by atoms with Crippen LogP contribution >= 0.6 is 0 Å². The van der Waals surface area contributed by atoms with Crippen molar-refractivity contribution in [2.45, 2.75) is 31.7 Å². The van der Waals surface area contributed by atoms with Gasteiger partial charge in [0.2, 0.25) is 10.0 Å². The van der Waals surface area contributed by atoms with Crippen LogP contribution in [0, 0.1) is 0 Å². The van der Waals surface area contributed by atoms with E-state index in [1.807, 2.05) is 6.07 Å². The summed E-state index contributed by atoms with van der Waals surface area (Å²) in [6.45, 7) is 3.09. The van der Waals surface area contributed by atoms with Crippen molar-refractivity contribution in [2.75, 3.05) is 32.9 Å². The van der Waals surface area contributed by atoms with Crippen LogP contribution in [0.3, 0.4) is 0 Å². The van der Waals surface area contributed by atoms with Crippen molar-refractivity contribution in [1.82, 2.24) is 14.2 Å². The van der Waals surface area contributed by atoms with Crippen molar-refractivity contribution in [1.29, 1.82) is 0 Å². The number of hydrogen-bond donors (Lipinski definition) is 1. The van der Waals surface area contributed by atoms with Gasteiger partial charge in [-0.25, -0.2) is 13.1 Å². The summed E-state index contributed by atoms with van der Waals surface area (Å²) in [5.74, 6) is 0.667. The lowest BCUT2D eigenvalue weighted by Gasteiger charge is -2.28. The first-order valence-corrected chi connectivity index (χ1v) is 12.4. The van der Waals surface area contributed by atoms with Gasteiger partial charge in [-0.05, 0) is 81.2 Å². The predicted molar refractivity (Wildman–Crippen MR) is 124 cm³/mol. The lowest BCUT2D eigenvalue weighted by Crippen LogP contribution is -2.29. The van der Waals surface area contributed by atoms with Gasteiger partial charge in [0.05, 0.1) is 5.75 Å². The molecule has 1 aromatic heterocycles. The molecule has 1 aliphatic heterocycles. The molecule has 4 rings (SSSR count). The lowest BCUT2D eigenvalue weighted by atomic mass is 9.89. The van der Waals surface area contributed by atoms with Gasteiger partial charge < -0.3 is 9.47 Å². The maximum atomic E-state index is 11.9. The van der Waals surface area contributed by atoms with Gasteiger partial charge in [-0.2, -0.15) is 0 Å². The monoisotopic (exact) mass is 425 g/mol. The smallest absolute Gasteiger partial charge is 0.211 e. The topological polar surface area (TPSA) is 54.3 Å². The molecule has 160 valence electrons. The number of nitrogens with one attached hydrogen (secondary N) is 1. The standard InChI is InChI=1S/C24H31N3O2S/c1-25-30(28,29)15-12-19-8-9-24-22(16-19)23(21-10-13-26(2)14-11-21)18-27(24)17-20-6-4-3-5-7-20/h3-9,16,18,21,25H,10-15,17H2,1-2H3. The number of sulfonamides is 1. The molecule has 0 unspecified atom stereocenters. The zero-order chi connectivity index (χ0) is 21.1.